The molecule has 2 nitrogen and oxygen atoms in total. The van der Waals surface area contributed by atoms with Crippen molar-refractivity contribution in [3.8, 4) is 5.75 Å². The normalized spacial score (nSPS) is 12.2. The molecular formula is C16H18INO. The van der Waals surface area contributed by atoms with Crippen molar-refractivity contribution in [2.24, 2.45) is 0 Å². The second-order valence-electron chi connectivity index (χ2n) is 4.24. The Morgan fingerprint density at radius 1 is 1.11 bits per heavy atom. The summed E-state index contributed by atoms with van der Waals surface area (Å²) in [5, 5.41) is 3.37. The minimum absolute atomic E-state index is 0.153. The fraction of sp³-hybridized carbons (Fsp3) is 0.250. The number of hydrogen-bond acceptors (Lipinski definition) is 2. The largest absolute Gasteiger partial charge is 0.494 e. The predicted molar refractivity (Wildman–Crippen MR) is 87.7 cm³/mol. The van der Waals surface area contributed by atoms with E-state index in [9.17, 15) is 0 Å². The van der Waals surface area contributed by atoms with Gasteiger partial charge in [-0.15, -0.1) is 0 Å². The maximum absolute atomic E-state index is 5.72. The molecule has 0 aromatic heterocycles. The van der Waals surface area contributed by atoms with Crippen LogP contribution in [0.25, 0.3) is 0 Å². The van der Waals surface area contributed by atoms with Crippen molar-refractivity contribution in [1.29, 1.82) is 0 Å². The Morgan fingerprint density at radius 3 is 2.42 bits per heavy atom. The number of ether oxygens (including phenoxy) is 1. The molecule has 0 bridgehead atoms. The molecule has 1 atom stereocenters. The molecular weight excluding hydrogens is 349 g/mol. The molecule has 0 aliphatic rings. The zero-order valence-electron chi connectivity index (χ0n) is 11.2. The highest BCUT2D eigenvalue weighted by atomic mass is 127. The molecule has 0 spiro atoms. The van der Waals surface area contributed by atoms with Crippen molar-refractivity contribution in [2.75, 3.05) is 13.7 Å². The fourth-order valence-corrected chi connectivity index (χ4v) is 2.52. The van der Waals surface area contributed by atoms with E-state index in [0.29, 0.717) is 6.61 Å². The lowest BCUT2D eigenvalue weighted by Crippen LogP contribution is -2.18. The minimum Gasteiger partial charge on any atom is -0.494 e. The molecule has 100 valence electrons. The summed E-state index contributed by atoms with van der Waals surface area (Å²) < 4.78 is 6.97. The molecule has 0 heterocycles. The number of rotatable bonds is 5. The topological polar surface area (TPSA) is 21.3 Å². The summed E-state index contributed by atoms with van der Waals surface area (Å²) in [6.07, 6.45) is 0. The summed E-state index contributed by atoms with van der Waals surface area (Å²) >= 11 is 2.32. The van der Waals surface area contributed by atoms with Gasteiger partial charge in [-0.05, 0) is 60.3 Å². The lowest BCUT2D eigenvalue weighted by molar-refractivity contribution is 0.334. The number of benzene rings is 2. The highest BCUT2D eigenvalue weighted by Crippen LogP contribution is 2.30. The Morgan fingerprint density at radius 2 is 1.79 bits per heavy atom. The standard InChI is InChI=1S/C16H18INO/c1-3-19-15-7-5-4-6-14(15)16(18-2)12-8-10-13(17)11-9-12/h4-11,16,18H,3H2,1-2H3. The quantitative estimate of drug-likeness (QED) is 0.807. The van der Waals surface area contributed by atoms with E-state index in [1.165, 1.54) is 14.7 Å². The van der Waals surface area contributed by atoms with Crippen molar-refractivity contribution in [3.05, 3.63) is 63.2 Å². The summed E-state index contributed by atoms with van der Waals surface area (Å²) in [6, 6.07) is 16.9. The molecule has 2 aromatic carbocycles. The highest BCUT2D eigenvalue weighted by molar-refractivity contribution is 14.1. The number of nitrogens with one attached hydrogen (secondary N) is 1. The third-order valence-electron chi connectivity index (χ3n) is 3.02. The van der Waals surface area contributed by atoms with Crippen LogP contribution >= 0.6 is 22.6 Å². The first kappa shape index (κ1) is 14.3. The molecule has 0 aliphatic carbocycles. The van der Waals surface area contributed by atoms with Crippen LogP contribution < -0.4 is 10.1 Å². The molecule has 1 unspecified atom stereocenters. The van der Waals surface area contributed by atoms with Crippen molar-refractivity contribution in [2.45, 2.75) is 13.0 Å². The van der Waals surface area contributed by atoms with Crippen LogP contribution in [0.5, 0.6) is 5.75 Å². The molecule has 2 rings (SSSR count). The first-order chi connectivity index (χ1) is 9.26. The summed E-state index contributed by atoms with van der Waals surface area (Å²) in [5.41, 5.74) is 2.42. The van der Waals surface area contributed by atoms with Gasteiger partial charge in [-0.2, -0.15) is 0 Å². The van der Waals surface area contributed by atoms with Gasteiger partial charge in [0.1, 0.15) is 5.75 Å². The maximum Gasteiger partial charge on any atom is 0.124 e. The highest BCUT2D eigenvalue weighted by Gasteiger charge is 2.16. The van der Waals surface area contributed by atoms with Crippen molar-refractivity contribution in [1.82, 2.24) is 5.32 Å². The molecule has 2 aromatic rings. The van der Waals surface area contributed by atoms with Gasteiger partial charge in [-0.1, -0.05) is 30.3 Å². The Bertz CT molecular complexity index is 525. The van der Waals surface area contributed by atoms with Crippen LogP contribution in [0.3, 0.4) is 0 Å². The predicted octanol–water partition coefficient (Wildman–Crippen LogP) is 4.00. The van der Waals surface area contributed by atoms with E-state index in [0.717, 1.165) is 5.75 Å². The van der Waals surface area contributed by atoms with Gasteiger partial charge in [-0.25, -0.2) is 0 Å². The van der Waals surface area contributed by atoms with Gasteiger partial charge in [-0.3, -0.25) is 0 Å². The Balaban J connectivity index is 2.39. The van der Waals surface area contributed by atoms with Crippen LogP contribution in [0.1, 0.15) is 24.1 Å². The third kappa shape index (κ3) is 3.48. The summed E-state index contributed by atoms with van der Waals surface area (Å²) in [5.74, 6) is 0.947. The molecule has 0 saturated carbocycles. The molecule has 19 heavy (non-hydrogen) atoms. The summed E-state index contributed by atoms with van der Waals surface area (Å²) in [4.78, 5) is 0. The molecule has 0 fully saturated rings. The van der Waals surface area contributed by atoms with E-state index >= 15 is 0 Å². The van der Waals surface area contributed by atoms with E-state index in [1.807, 2.05) is 26.1 Å². The van der Waals surface area contributed by atoms with Gasteiger partial charge in [0.15, 0.2) is 0 Å². The van der Waals surface area contributed by atoms with Crippen LogP contribution in [0, 0.1) is 3.57 Å². The van der Waals surface area contributed by atoms with E-state index < -0.39 is 0 Å². The van der Waals surface area contributed by atoms with Crippen molar-refractivity contribution >= 4 is 22.6 Å². The molecule has 0 aliphatic heterocycles. The second kappa shape index (κ2) is 6.91. The van der Waals surface area contributed by atoms with Crippen LogP contribution in [-0.4, -0.2) is 13.7 Å². The van der Waals surface area contributed by atoms with Crippen molar-refractivity contribution in [3.63, 3.8) is 0 Å². The van der Waals surface area contributed by atoms with Gasteiger partial charge in [0.05, 0.1) is 12.6 Å². The van der Waals surface area contributed by atoms with Gasteiger partial charge in [0.25, 0.3) is 0 Å². The van der Waals surface area contributed by atoms with E-state index in [-0.39, 0.29) is 6.04 Å². The lowest BCUT2D eigenvalue weighted by Gasteiger charge is -2.20. The molecule has 0 amide bonds. The summed E-state index contributed by atoms with van der Waals surface area (Å²) in [7, 11) is 1.98. The Labute approximate surface area is 128 Å². The lowest BCUT2D eigenvalue weighted by atomic mass is 9.98. The van der Waals surface area contributed by atoms with Gasteiger partial charge >= 0.3 is 0 Å². The van der Waals surface area contributed by atoms with Crippen LogP contribution in [0.2, 0.25) is 0 Å². The van der Waals surface area contributed by atoms with Crippen LogP contribution in [0.15, 0.2) is 48.5 Å². The fourth-order valence-electron chi connectivity index (χ4n) is 2.16. The summed E-state index contributed by atoms with van der Waals surface area (Å²) in [6.45, 7) is 2.69. The number of para-hydroxylation sites is 1. The van der Waals surface area contributed by atoms with Crippen LogP contribution in [0.4, 0.5) is 0 Å². The van der Waals surface area contributed by atoms with Crippen molar-refractivity contribution < 1.29 is 4.74 Å². The first-order valence-corrected chi connectivity index (χ1v) is 7.48. The average molecular weight is 367 g/mol. The first-order valence-electron chi connectivity index (χ1n) is 6.40. The molecule has 0 saturated heterocycles. The molecule has 3 heteroatoms. The number of hydrogen-bond donors (Lipinski definition) is 1. The Hall–Kier alpha value is -1.07. The zero-order chi connectivity index (χ0) is 13.7. The van der Waals surface area contributed by atoms with E-state index in [1.54, 1.807) is 0 Å². The minimum atomic E-state index is 0.153. The second-order valence-corrected chi connectivity index (χ2v) is 5.49. The average Bonchev–Trinajstić information content (AvgIpc) is 2.44. The maximum atomic E-state index is 5.72. The zero-order valence-corrected chi connectivity index (χ0v) is 13.3. The SMILES string of the molecule is CCOc1ccccc1C(NC)c1ccc(I)cc1. The monoisotopic (exact) mass is 367 g/mol. The van der Waals surface area contributed by atoms with Gasteiger partial charge in [0, 0.05) is 9.13 Å². The Kier molecular flexibility index (Phi) is 5.22. The number of halogens is 1. The third-order valence-corrected chi connectivity index (χ3v) is 3.74. The van der Waals surface area contributed by atoms with Gasteiger partial charge < -0.3 is 10.1 Å². The molecule has 1 N–H and O–H groups in total. The van der Waals surface area contributed by atoms with E-state index in [2.05, 4.69) is 64.3 Å². The van der Waals surface area contributed by atoms with Gasteiger partial charge in [0.2, 0.25) is 0 Å². The van der Waals surface area contributed by atoms with Crippen LogP contribution in [-0.2, 0) is 0 Å². The van der Waals surface area contributed by atoms with E-state index in [4.69, 9.17) is 4.74 Å². The smallest absolute Gasteiger partial charge is 0.124 e. The molecule has 0 radical (unpaired) electrons.